The zero-order chi connectivity index (χ0) is 14.6. The summed E-state index contributed by atoms with van der Waals surface area (Å²) in [5.74, 6) is 0. The van der Waals surface area contributed by atoms with E-state index >= 15 is 0 Å². The minimum atomic E-state index is -3.41. The molecule has 4 nitrogen and oxygen atoms in total. The molecule has 0 saturated carbocycles. The van der Waals surface area contributed by atoms with Gasteiger partial charge in [-0.25, -0.2) is 12.7 Å². The number of unbranched alkanes of at least 4 members (excludes halogenated alkanes) is 1. The zero-order valence-corrected chi connectivity index (χ0v) is 13.0. The monoisotopic (exact) mass is 284 g/mol. The van der Waals surface area contributed by atoms with Gasteiger partial charge in [-0.3, -0.25) is 0 Å². The van der Waals surface area contributed by atoms with E-state index in [-0.39, 0.29) is 0 Å². The van der Waals surface area contributed by atoms with E-state index in [1.807, 2.05) is 26.8 Å². The van der Waals surface area contributed by atoms with Gasteiger partial charge in [0.2, 0.25) is 10.0 Å². The highest BCUT2D eigenvalue weighted by molar-refractivity contribution is 7.89. The van der Waals surface area contributed by atoms with Gasteiger partial charge in [0.15, 0.2) is 0 Å². The lowest BCUT2D eigenvalue weighted by atomic mass is 10.1. The number of hydrogen-bond acceptors (Lipinski definition) is 3. The van der Waals surface area contributed by atoms with Crippen LogP contribution in [0.5, 0.6) is 0 Å². The van der Waals surface area contributed by atoms with Gasteiger partial charge in [0.1, 0.15) is 0 Å². The summed E-state index contributed by atoms with van der Waals surface area (Å²) < 4.78 is 26.5. The van der Waals surface area contributed by atoms with Crippen LogP contribution < -0.4 is 5.73 Å². The van der Waals surface area contributed by atoms with Gasteiger partial charge < -0.3 is 5.73 Å². The molecule has 19 heavy (non-hydrogen) atoms. The Morgan fingerprint density at radius 2 is 1.84 bits per heavy atom. The molecular weight excluding hydrogens is 260 g/mol. The molecule has 0 saturated heterocycles. The van der Waals surface area contributed by atoms with Crippen LogP contribution in [0.25, 0.3) is 0 Å². The SMILES string of the molecule is CCCCN(C)S(=O)(=O)c1cc(CN)c(C)cc1C. The topological polar surface area (TPSA) is 63.4 Å². The first-order chi connectivity index (χ1) is 8.84. The van der Waals surface area contributed by atoms with Gasteiger partial charge in [0.25, 0.3) is 0 Å². The van der Waals surface area contributed by atoms with E-state index in [4.69, 9.17) is 5.73 Å². The molecule has 5 heteroatoms. The molecule has 0 heterocycles. The number of sulfonamides is 1. The second kappa shape index (κ2) is 6.50. The summed E-state index contributed by atoms with van der Waals surface area (Å²) in [5, 5.41) is 0. The Balaban J connectivity index is 3.21. The van der Waals surface area contributed by atoms with Crippen molar-refractivity contribution in [2.24, 2.45) is 5.73 Å². The molecule has 108 valence electrons. The minimum Gasteiger partial charge on any atom is -0.326 e. The van der Waals surface area contributed by atoms with E-state index in [0.717, 1.165) is 29.5 Å². The molecule has 1 rings (SSSR count). The van der Waals surface area contributed by atoms with Gasteiger partial charge in [-0.15, -0.1) is 0 Å². The van der Waals surface area contributed by atoms with Gasteiger partial charge in [-0.2, -0.15) is 0 Å². The third-order valence-electron chi connectivity index (χ3n) is 3.37. The maximum Gasteiger partial charge on any atom is 0.243 e. The molecule has 2 N–H and O–H groups in total. The molecule has 0 atom stereocenters. The van der Waals surface area contributed by atoms with Crippen LogP contribution in [0.15, 0.2) is 17.0 Å². The van der Waals surface area contributed by atoms with E-state index in [9.17, 15) is 8.42 Å². The smallest absolute Gasteiger partial charge is 0.243 e. The molecule has 1 aromatic rings. The molecule has 0 bridgehead atoms. The summed E-state index contributed by atoms with van der Waals surface area (Å²) in [6, 6.07) is 3.60. The molecule has 0 fully saturated rings. The summed E-state index contributed by atoms with van der Waals surface area (Å²) in [7, 11) is -1.78. The Morgan fingerprint density at radius 1 is 1.21 bits per heavy atom. The predicted molar refractivity (Wildman–Crippen MR) is 78.5 cm³/mol. The second-order valence-electron chi connectivity index (χ2n) is 4.93. The summed E-state index contributed by atoms with van der Waals surface area (Å²) in [6.07, 6.45) is 1.84. The van der Waals surface area contributed by atoms with Gasteiger partial charge in [0.05, 0.1) is 4.90 Å². The molecule has 0 aliphatic heterocycles. The van der Waals surface area contributed by atoms with Crippen molar-refractivity contribution < 1.29 is 8.42 Å². The van der Waals surface area contributed by atoms with Crippen LogP contribution in [-0.2, 0) is 16.6 Å². The molecule has 0 aromatic heterocycles. The molecule has 0 aliphatic rings. The van der Waals surface area contributed by atoms with Gasteiger partial charge in [0, 0.05) is 20.1 Å². The first-order valence-electron chi connectivity index (χ1n) is 6.61. The fraction of sp³-hybridized carbons (Fsp3) is 0.571. The van der Waals surface area contributed by atoms with Crippen molar-refractivity contribution in [2.75, 3.05) is 13.6 Å². The van der Waals surface area contributed by atoms with Gasteiger partial charge >= 0.3 is 0 Å². The average molecular weight is 284 g/mol. The Hall–Kier alpha value is -0.910. The minimum absolute atomic E-state index is 0.354. The predicted octanol–water partition coefficient (Wildman–Crippen LogP) is 2.18. The number of benzene rings is 1. The second-order valence-corrected chi connectivity index (χ2v) is 6.94. The molecular formula is C14H24N2O2S. The van der Waals surface area contributed by atoms with Crippen molar-refractivity contribution in [3.8, 4) is 0 Å². The maximum absolute atomic E-state index is 12.5. The summed E-state index contributed by atoms with van der Waals surface area (Å²) in [4.78, 5) is 0.372. The van der Waals surface area contributed by atoms with Crippen LogP contribution in [0.3, 0.4) is 0 Å². The first kappa shape index (κ1) is 16.1. The van der Waals surface area contributed by atoms with E-state index in [1.165, 1.54) is 4.31 Å². The number of hydrogen-bond donors (Lipinski definition) is 1. The van der Waals surface area contributed by atoms with Crippen molar-refractivity contribution in [1.29, 1.82) is 0 Å². The lowest BCUT2D eigenvalue weighted by Crippen LogP contribution is -2.28. The largest absolute Gasteiger partial charge is 0.326 e. The van der Waals surface area contributed by atoms with Crippen molar-refractivity contribution in [3.63, 3.8) is 0 Å². The Morgan fingerprint density at radius 3 is 2.37 bits per heavy atom. The first-order valence-corrected chi connectivity index (χ1v) is 8.05. The average Bonchev–Trinajstić information content (AvgIpc) is 2.35. The van der Waals surface area contributed by atoms with Crippen LogP contribution in [0.4, 0.5) is 0 Å². The Kier molecular flexibility index (Phi) is 5.52. The third kappa shape index (κ3) is 3.55. The summed E-state index contributed by atoms with van der Waals surface area (Å²) in [6.45, 7) is 6.72. The van der Waals surface area contributed by atoms with Gasteiger partial charge in [-0.05, 0) is 43.0 Å². The number of aryl methyl sites for hydroxylation is 2. The zero-order valence-electron chi connectivity index (χ0n) is 12.2. The van der Waals surface area contributed by atoms with Crippen molar-refractivity contribution in [3.05, 3.63) is 28.8 Å². The highest BCUT2D eigenvalue weighted by Crippen LogP contribution is 2.23. The van der Waals surface area contributed by atoms with Crippen molar-refractivity contribution in [1.82, 2.24) is 4.31 Å². The summed E-state index contributed by atoms with van der Waals surface area (Å²) >= 11 is 0. The standard InChI is InChI=1S/C14H24N2O2S/c1-5-6-7-16(4)19(17,18)14-9-13(10-15)11(2)8-12(14)3/h8-9H,5-7,10,15H2,1-4H3. The Labute approximate surface area is 116 Å². The summed E-state index contributed by atoms with van der Waals surface area (Å²) in [5.41, 5.74) is 8.36. The van der Waals surface area contributed by atoms with Crippen LogP contribution >= 0.6 is 0 Å². The van der Waals surface area contributed by atoms with E-state index in [1.54, 1.807) is 13.1 Å². The molecule has 0 unspecified atom stereocenters. The van der Waals surface area contributed by atoms with Crippen LogP contribution in [-0.4, -0.2) is 26.3 Å². The fourth-order valence-corrected chi connectivity index (χ4v) is 3.50. The molecule has 0 spiro atoms. The van der Waals surface area contributed by atoms with Crippen molar-refractivity contribution >= 4 is 10.0 Å². The van der Waals surface area contributed by atoms with Gasteiger partial charge in [-0.1, -0.05) is 19.4 Å². The number of rotatable bonds is 6. The van der Waals surface area contributed by atoms with Crippen LogP contribution in [0, 0.1) is 13.8 Å². The third-order valence-corrected chi connectivity index (χ3v) is 5.37. The molecule has 0 amide bonds. The lowest BCUT2D eigenvalue weighted by molar-refractivity contribution is 0.459. The number of nitrogens with zero attached hydrogens (tertiary/aromatic N) is 1. The molecule has 0 radical (unpaired) electrons. The van der Waals surface area contributed by atoms with Crippen molar-refractivity contribution in [2.45, 2.75) is 45.1 Å². The van der Waals surface area contributed by atoms with E-state index in [0.29, 0.717) is 18.0 Å². The highest BCUT2D eigenvalue weighted by atomic mass is 32.2. The quantitative estimate of drug-likeness (QED) is 0.871. The molecule has 0 aliphatic carbocycles. The highest BCUT2D eigenvalue weighted by Gasteiger charge is 2.23. The maximum atomic E-state index is 12.5. The normalized spacial score (nSPS) is 12.1. The number of nitrogens with two attached hydrogens (primary N) is 1. The van der Waals surface area contributed by atoms with E-state index < -0.39 is 10.0 Å². The van der Waals surface area contributed by atoms with E-state index in [2.05, 4.69) is 0 Å². The fourth-order valence-electron chi connectivity index (χ4n) is 2.04. The van der Waals surface area contributed by atoms with Crippen LogP contribution in [0.1, 0.15) is 36.5 Å². The molecule has 1 aromatic carbocycles. The van der Waals surface area contributed by atoms with Crippen LogP contribution in [0.2, 0.25) is 0 Å². The Bertz CT molecular complexity index is 539. The lowest BCUT2D eigenvalue weighted by Gasteiger charge is -2.19.